The highest BCUT2D eigenvalue weighted by atomic mass is 35.5. The van der Waals surface area contributed by atoms with Crippen molar-refractivity contribution in [2.75, 3.05) is 18.5 Å². The van der Waals surface area contributed by atoms with Gasteiger partial charge in [0.2, 0.25) is 0 Å². The molecule has 20 heavy (non-hydrogen) atoms. The molecule has 0 fully saturated rings. The lowest BCUT2D eigenvalue weighted by molar-refractivity contribution is 0.625. The summed E-state index contributed by atoms with van der Waals surface area (Å²) in [7, 11) is 1.98. The van der Waals surface area contributed by atoms with Crippen LogP contribution in [0.15, 0.2) is 42.5 Å². The van der Waals surface area contributed by atoms with Gasteiger partial charge in [-0.3, -0.25) is 0 Å². The van der Waals surface area contributed by atoms with E-state index in [1.54, 1.807) is 12.1 Å². The summed E-state index contributed by atoms with van der Waals surface area (Å²) in [5, 5.41) is 0.705. The first-order valence-corrected chi connectivity index (χ1v) is 6.92. The SMILES string of the molecule is CN(Cc1cccc(F)c1)c1ccc(Cl)cc1CCN. The Morgan fingerprint density at radius 3 is 2.70 bits per heavy atom. The highest BCUT2D eigenvalue weighted by Crippen LogP contribution is 2.25. The number of hydrogen-bond donors (Lipinski definition) is 1. The van der Waals surface area contributed by atoms with Gasteiger partial charge in [0.1, 0.15) is 5.82 Å². The van der Waals surface area contributed by atoms with Gasteiger partial charge in [0.25, 0.3) is 0 Å². The van der Waals surface area contributed by atoms with Crippen molar-refractivity contribution in [3.8, 4) is 0 Å². The van der Waals surface area contributed by atoms with E-state index < -0.39 is 0 Å². The molecule has 2 N–H and O–H groups in total. The van der Waals surface area contributed by atoms with Crippen molar-refractivity contribution in [1.29, 1.82) is 0 Å². The number of halogens is 2. The van der Waals surface area contributed by atoms with E-state index in [-0.39, 0.29) is 5.82 Å². The summed E-state index contributed by atoms with van der Waals surface area (Å²) in [5.74, 6) is -0.214. The second-order valence-corrected chi connectivity index (χ2v) is 5.23. The van der Waals surface area contributed by atoms with E-state index in [0.717, 1.165) is 23.2 Å². The quantitative estimate of drug-likeness (QED) is 0.912. The maximum atomic E-state index is 13.2. The number of hydrogen-bond acceptors (Lipinski definition) is 2. The van der Waals surface area contributed by atoms with Crippen LogP contribution in [0, 0.1) is 5.82 Å². The number of benzene rings is 2. The minimum atomic E-state index is -0.214. The first kappa shape index (κ1) is 14.8. The average Bonchev–Trinajstić information content (AvgIpc) is 2.39. The lowest BCUT2D eigenvalue weighted by Gasteiger charge is -2.23. The van der Waals surface area contributed by atoms with Crippen LogP contribution in [-0.4, -0.2) is 13.6 Å². The topological polar surface area (TPSA) is 29.3 Å². The minimum absolute atomic E-state index is 0.214. The summed E-state index contributed by atoms with van der Waals surface area (Å²) in [6, 6.07) is 12.4. The largest absolute Gasteiger partial charge is 0.370 e. The van der Waals surface area contributed by atoms with Gasteiger partial charge in [-0.05, 0) is 54.4 Å². The van der Waals surface area contributed by atoms with Gasteiger partial charge < -0.3 is 10.6 Å². The molecule has 2 nitrogen and oxygen atoms in total. The van der Waals surface area contributed by atoms with Gasteiger partial charge in [-0.15, -0.1) is 0 Å². The minimum Gasteiger partial charge on any atom is -0.370 e. The normalized spacial score (nSPS) is 10.6. The van der Waals surface area contributed by atoms with E-state index in [1.165, 1.54) is 6.07 Å². The summed E-state index contributed by atoms with van der Waals surface area (Å²) in [6.07, 6.45) is 0.767. The predicted octanol–water partition coefficient (Wildman–Crippen LogP) is 3.62. The van der Waals surface area contributed by atoms with Crippen LogP contribution in [0.1, 0.15) is 11.1 Å². The molecule has 4 heteroatoms. The van der Waals surface area contributed by atoms with E-state index >= 15 is 0 Å². The number of nitrogens with two attached hydrogens (primary N) is 1. The van der Waals surface area contributed by atoms with Gasteiger partial charge >= 0.3 is 0 Å². The molecule has 0 bridgehead atoms. The molecule has 0 aliphatic carbocycles. The summed E-state index contributed by atoms with van der Waals surface area (Å²) >= 11 is 6.03. The molecule has 2 aromatic carbocycles. The Morgan fingerprint density at radius 1 is 1.20 bits per heavy atom. The standard InChI is InChI=1S/C16H18ClFN2/c1-20(11-12-3-2-4-15(18)9-12)16-6-5-14(17)10-13(16)7-8-19/h2-6,9-10H,7-8,11,19H2,1H3. The molecule has 0 amide bonds. The van der Waals surface area contributed by atoms with Crippen molar-refractivity contribution in [1.82, 2.24) is 0 Å². The number of nitrogens with zero attached hydrogens (tertiary/aromatic N) is 1. The van der Waals surface area contributed by atoms with Gasteiger partial charge in [0.15, 0.2) is 0 Å². The molecule has 0 aliphatic heterocycles. The molecule has 0 aromatic heterocycles. The van der Waals surface area contributed by atoms with Crippen LogP contribution in [0.5, 0.6) is 0 Å². The van der Waals surface area contributed by atoms with Crippen LogP contribution < -0.4 is 10.6 Å². The summed E-state index contributed by atoms with van der Waals surface area (Å²) in [6.45, 7) is 1.21. The predicted molar refractivity (Wildman–Crippen MR) is 82.7 cm³/mol. The molecule has 2 rings (SSSR count). The number of anilines is 1. The van der Waals surface area contributed by atoms with Crippen molar-refractivity contribution in [3.05, 3.63) is 64.4 Å². The van der Waals surface area contributed by atoms with Crippen molar-refractivity contribution in [3.63, 3.8) is 0 Å². The van der Waals surface area contributed by atoms with Gasteiger partial charge in [0.05, 0.1) is 0 Å². The summed E-state index contributed by atoms with van der Waals surface area (Å²) < 4.78 is 13.2. The number of rotatable bonds is 5. The van der Waals surface area contributed by atoms with Crippen LogP contribution in [0.2, 0.25) is 5.02 Å². The van der Waals surface area contributed by atoms with Crippen LogP contribution >= 0.6 is 11.6 Å². The molecule has 0 radical (unpaired) electrons. The van der Waals surface area contributed by atoms with E-state index in [0.29, 0.717) is 18.1 Å². The highest BCUT2D eigenvalue weighted by Gasteiger charge is 2.09. The van der Waals surface area contributed by atoms with Crippen LogP contribution in [0.4, 0.5) is 10.1 Å². The molecule has 106 valence electrons. The molecular formula is C16H18ClFN2. The molecule has 0 saturated carbocycles. The first-order chi connectivity index (χ1) is 9.60. The van der Waals surface area contributed by atoms with Crippen LogP contribution in [-0.2, 0) is 13.0 Å². The first-order valence-electron chi connectivity index (χ1n) is 6.54. The maximum absolute atomic E-state index is 13.2. The zero-order valence-electron chi connectivity index (χ0n) is 11.4. The Hall–Kier alpha value is -1.58. The van der Waals surface area contributed by atoms with E-state index in [4.69, 9.17) is 17.3 Å². The molecule has 0 saturated heterocycles. The van der Waals surface area contributed by atoms with Crippen molar-refractivity contribution in [2.45, 2.75) is 13.0 Å². The third-order valence-electron chi connectivity index (χ3n) is 3.18. The van der Waals surface area contributed by atoms with Crippen molar-refractivity contribution >= 4 is 17.3 Å². The summed E-state index contributed by atoms with van der Waals surface area (Å²) in [4.78, 5) is 2.08. The fraction of sp³-hybridized carbons (Fsp3) is 0.250. The monoisotopic (exact) mass is 292 g/mol. The third-order valence-corrected chi connectivity index (χ3v) is 3.41. The molecule has 0 spiro atoms. The second-order valence-electron chi connectivity index (χ2n) is 4.80. The molecule has 2 aromatic rings. The molecule has 0 aliphatic rings. The lowest BCUT2D eigenvalue weighted by atomic mass is 10.1. The van der Waals surface area contributed by atoms with Gasteiger partial charge in [-0.1, -0.05) is 23.7 Å². The van der Waals surface area contributed by atoms with Crippen LogP contribution in [0.3, 0.4) is 0 Å². The average molecular weight is 293 g/mol. The van der Waals surface area contributed by atoms with Gasteiger partial charge in [-0.2, -0.15) is 0 Å². The Kier molecular flexibility index (Phi) is 4.99. The Morgan fingerprint density at radius 2 is 2.00 bits per heavy atom. The zero-order valence-corrected chi connectivity index (χ0v) is 12.2. The van der Waals surface area contributed by atoms with Gasteiger partial charge in [-0.25, -0.2) is 4.39 Å². The molecular weight excluding hydrogens is 275 g/mol. The van der Waals surface area contributed by atoms with Crippen LogP contribution in [0.25, 0.3) is 0 Å². The lowest BCUT2D eigenvalue weighted by Crippen LogP contribution is -2.19. The Labute approximate surface area is 124 Å². The summed E-state index contributed by atoms with van der Waals surface area (Å²) in [5.41, 5.74) is 8.76. The molecule has 0 atom stereocenters. The highest BCUT2D eigenvalue weighted by molar-refractivity contribution is 6.30. The maximum Gasteiger partial charge on any atom is 0.123 e. The molecule has 0 heterocycles. The van der Waals surface area contributed by atoms with E-state index in [1.807, 2.05) is 31.3 Å². The van der Waals surface area contributed by atoms with E-state index in [9.17, 15) is 4.39 Å². The van der Waals surface area contributed by atoms with E-state index in [2.05, 4.69) is 4.90 Å². The smallest absolute Gasteiger partial charge is 0.123 e. The fourth-order valence-corrected chi connectivity index (χ4v) is 2.47. The Bertz CT molecular complexity index is 586. The van der Waals surface area contributed by atoms with Crippen molar-refractivity contribution < 1.29 is 4.39 Å². The zero-order chi connectivity index (χ0) is 14.5. The van der Waals surface area contributed by atoms with Crippen molar-refractivity contribution in [2.24, 2.45) is 5.73 Å². The third kappa shape index (κ3) is 3.71. The second kappa shape index (κ2) is 6.73. The fourth-order valence-electron chi connectivity index (χ4n) is 2.28. The van der Waals surface area contributed by atoms with Gasteiger partial charge in [0, 0.05) is 24.3 Å². The molecule has 0 unspecified atom stereocenters. The Balaban J connectivity index is 2.22.